The Morgan fingerprint density at radius 2 is 2.35 bits per heavy atom. The lowest BCUT2D eigenvalue weighted by atomic mass is 9.96. The number of carbonyl (C=O) groups excluding carboxylic acids is 1. The van der Waals surface area contributed by atoms with Gasteiger partial charge in [-0.3, -0.25) is 4.90 Å². The van der Waals surface area contributed by atoms with Crippen LogP contribution in [0.4, 0.5) is 9.80 Å². The molecule has 0 atom stereocenters. The average molecular weight is 256 g/mol. The van der Waals surface area contributed by atoms with Gasteiger partial charge in [0, 0.05) is 31.3 Å². The Balaban J connectivity index is 1.88. The van der Waals surface area contributed by atoms with E-state index >= 15 is 0 Å². The van der Waals surface area contributed by atoms with E-state index in [-0.39, 0.29) is 0 Å². The number of rotatable bonds is 4. The maximum absolute atomic E-state index is 11.3. The Morgan fingerprint density at radius 1 is 1.59 bits per heavy atom. The fraction of sp³-hybridized carbons (Fsp3) is 0.700. The minimum absolute atomic E-state index is 0.442. The molecule has 6 nitrogen and oxygen atoms in total. The topological polar surface area (TPSA) is 81.3 Å². The molecule has 2 heterocycles. The maximum Gasteiger partial charge on any atom is 0.319 e. The molecule has 2 rings (SSSR count). The van der Waals surface area contributed by atoms with Crippen molar-refractivity contribution in [3.8, 4) is 0 Å². The Labute approximate surface area is 104 Å². The van der Waals surface area contributed by atoms with E-state index in [1.54, 1.807) is 11.1 Å². The molecule has 0 spiro atoms. The molecular formula is C10H16N4O2S. The first kappa shape index (κ1) is 12.3. The van der Waals surface area contributed by atoms with Crippen LogP contribution in [0.25, 0.3) is 0 Å². The zero-order valence-electron chi connectivity index (χ0n) is 9.54. The molecule has 1 aromatic heterocycles. The lowest BCUT2D eigenvalue weighted by Gasteiger charge is -2.24. The molecule has 1 saturated heterocycles. The molecule has 0 aliphatic carbocycles. The normalized spacial score (nSPS) is 16.9. The van der Waals surface area contributed by atoms with Gasteiger partial charge in [-0.2, -0.15) is 0 Å². The third-order valence-corrected chi connectivity index (χ3v) is 3.67. The van der Waals surface area contributed by atoms with Crippen molar-refractivity contribution in [1.82, 2.24) is 9.59 Å². The van der Waals surface area contributed by atoms with Crippen LogP contribution in [0.2, 0.25) is 0 Å². The van der Waals surface area contributed by atoms with E-state index in [2.05, 4.69) is 9.59 Å². The standard InChI is InChI=1S/C10H16N4O2S/c11-10(15)14(9-7-12-13-17-9)4-1-8-2-5-16-6-3-8/h7-8H,1-6H2,(H2,11,15). The van der Waals surface area contributed by atoms with E-state index in [4.69, 9.17) is 10.5 Å². The number of aromatic nitrogens is 2. The van der Waals surface area contributed by atoms with Crippen LogP contribution in [-0.4, -0.2) is 35.4 Å². The number of anilines is 1. The van der Waals surface area contributed by atoms with Crippen molar-refractivity contribution < 1.29 is 9.53 Å². The molecular weight excluding hydrogens is 240 g/mol. The summed E-state index contributed by atoms with van der Waals surface area (Å²) in [5.41, 5.74) is 5.36. The number of nitrogens with two attached hydrogens (primary N) is 1. The Morgan fingerprint density at radius 3 is 2.94 bits per heavy atom. The van der Waals surface area contributed by atoms with Gasteiger partial charge < -0.3 is 10.5 Å². The second kappa shape index (κ2) is 5.92. The molecule has 0 saturated carbocycles. The number of carbonyl (C=O) groups is 1. The molecule has 0 radical (unpaired) electrons. The first-order chi connectivity index (χ1) is 8.27. The Kier molecular flexibility index (Phi) is 4.27. The van der Waals surface area contributed by atoms with E-state index in [9.17, 15) is 4.79 Å². The highest BCUT2D eigenvalue weighted by Crippen LogP contribution is 2.22. The summed E-state index contributed by atoms with van der Waals surface area (Å²) < 4.78 is 9.05. The van der Waals surface area contributed by atoms with Gasteiger partial charge in [0.15, 0.2) is 0 Å². The van der Waals surface area contributed by atoms with Crippen LogP contribution in [0.5, 0.6) is 0 Å². The van der Waals surface area contributed by atoms with E-state index in [1.165, 1.54) is 11.5 Å². The third kappa shape index (κ3) is 3.37. The van der Waals surface area contributed by atoms with Crippen molar-refractivity contribution in [2.24, 2.45) is 11.7 Å². The fourth-order valence-electron chi connectivity index (χ4n) is 1.96. The summed E-state index contributed by atoms with van der Waals surface area (Å²) in [6.45, 7) is 2.27. The van der Waals surface area contributed by atoms with Crippen LogP contribution in [0, 0.1) is 5.92 Å². The minimum Gasteiger partial charge on any atom is -0.381 e. The quantitative estimate of drug-likeness (QED) is 0.878. The second-order valence-corrected chi connectivity index (χ2v) is 4.85. The van der Waals surface area contributed by atoms with Crippen LogP contribution in [0.1, 0.15) is 19.3 Å². The van der Waals surface area contributed by atoms with Crippen molar-refractivity contribution in [2.45, 2.75) is 19.3 Å². The van der Waals surface area contributed by atoms with E-state index in [0.717, 1.165) is 32.5 Å². The van der Waals surface area contributed by atoms with Gasteiger partial charge in [0.05, 0.1) is 6.20 Å². The highest BCUT2D eigenvalue weighted by Gasteiger charge is 2.19. The Bertz CT molecular complexity index is 351. The minimum atomic E-state index is -0.442. The molecule has 1 aliphatic heterocycles. The molecule has 7 heteroatoms. The summed E-state index contributed by atoms with van der Waals surface area (Å²) in [5.74, 6) is 0.617. The molecule has 94 valence electrons. The molecule has 0 bridgehead atoms. The van der Waals surface area contributed by atoms with Crippen LogP contribution in [-0.2, 0) is 4.74 Å². The monoisotopic (exact) mass is 256 g/mol. The number of nitrogens with zero attached hydrogens (tertiary/aromatic N) is 3. The number of amides is 2. The first-order valence-corrected chi connectivity index (χ1v) is 6.47. The number of hydrogen-bond acceptors (Lipinski definition) is 5. The third-order valence-electron chi connectivity index (χ3n) is 2.98. The molecule has 0 aromatic carbocycles. The molecule has 1 aliphatic rings. The largest absolute Gasteiger partial charge is 0.381 e. The summed E-state index contributed by atoms with van der Waals surface area (Å²) >= 11 is 1.19. The van der Waals surface area contributed by atoms with Gasteiger partial charge in [0.2, 0.25) is 0 Å². The van der Waals surface area contributed by atoms with Crippen molar-refractivity contribution in [3.63, 3.8) is 0 Å². The van der Waals surface area contributed by atoms with Gasteiger partial charge in [0.25, 0.3) is 0 Å². The lowest BCUT2D eigenvalue weighted by Crippen LogP contribution is -2.37. The zero-order chi connectivity index (χ0) is 12.1. The highest BCUT2D eigenvalue weighted by molar-refractivity contribution is 7.10. The summed E-state index contributed by atoms with van der Waals surface area (Å²) in [4.78, 5) is 12.9. The van der Waals surface area contributed by atoms with E-state index in [0.29, 0.717) is 17.5 Å². The van der Waals surface area contributed by atoms with Gasteiger partial charge in [-0.25, -0.2) is 4.79 Å². The van der Waals surface area contributed by atoms with E-state index < -0.39 is 6.03 Å². The van der Waals surface area contributed by atoms with Gasteiger partial charge >= 0.3 is 6.03 Å². The molecule has 1 fully saturated rings. The number of primary amides is 1. The number of ether oxygens (including phenoxy) is 1. The van der Waals surface area contributed by atoms with Gasteiger partial charge in [-0.1, -0.05) is 4.49 Å². The smallest absolute Gasteiger partial charge is 0.319 e. The molecule has 2 N–H and O–H groups in total. The molecule has 1 aromatic rings. The van der Waals surface area contributed by atoms with E-state index in [1.807, 2.05) is 0 Å². The SMILES string of the molecule is NC(=O)N(CCC1CCOCC1)c1cnns1. The summed E-state index contributed by atoms with van der Waals surface area (Å²) in [5, 5.41) is 4.43. The highest BCUT2D eigenvalue weighted by atomic mass is 32.1. The van der Waals surface area contributed by atoms with Crippen molar-refractivity contribution in [3.05, 3.63) is 6.20 Å². The lowest BCUT2D eigenvalue weighted by molar-refractivity contribution is 0.0646. The summed E-state index contributed by atoms with van der Waals surface area (Å²) in [6.07, 6.45) is 4.64. The van der Waals surface area contributed by atoms with Crippen LogP contribution in [0.3, 0.4) is 0 Å². The average Bonchev–Trinajstić information content (AvgIpc) is 2.84. The van der Waals surface area contributed by atoms with Crippen molar-refractivity contribution in [1.29, 1.82) is 0 Å². The second-order valence-electron chi connectivity index (χ2n) is 4.09. The first-order valence-electron chi connectivity index (χ1n) is 5.69. The van der Waals surface area contributed by atoms with Crippen molar-refractivity contribution in [2.75, 3.05) is 24.7 Å². The fourth-order valence-corrected chi connectivity index (χ4v) is 2.51. The molecule has 2 amide bonds. The van der Waals surface area contributed by atoms with Crippen molar-refractivity contribution >= 4 is 22.6 Å². The van der Waals surface area contributed by atoms with Crippen LogP contribution in [0.15, 0.2) is 6.20 Å². The number of urea groups is 1. The van der Waals surface area contributed by atoms with Gasteiger partial charge in [0.1, 0.15) is 5.00 Å². The molecule has 17 heavy (non-hydrogen) atoms. The predicted octanol–water partition coefficient (Wildman–Crippen LogP) is 1.24. The maximum atomic E-state index is 11.3. The Hall–Kier alpha value is -1.21. The summed E-state index contributed by atoms with van der Waals surface area (Å²) in [6, 6.07) is -0.442. The number of hydrogen-bond donors (Lipinski definition) is 1. The van der Waals surface area contributed by atoms with Gasteiger partial charge in [-0.05, 0) is 25.2 Å². The zero-order valence-corrected chi connectivity index (χ0v) is 10.4. The predicted molar refractivity (Wildman–Crippen MR) is 65.0 cm³/mol. The van der Waals surface area contributed by atoms with Crippen LogP contribution < -0.4 is 10.6 Å². The summed E-state index contributed by atoms with van der Waals surface area (Å²) in [7, 11) is 0. The van der Waals surface area contributed by atoms with Gasteiger partial charge in [-0.15, -0.1) is 5.10 Å². The molecule has 0 unspecified atom stereocenters. The van der Waals surface area contributed by atoms with Crippen LogP contribution >= 0.6 is 11.5 Å².